The molecule has 4 aromatic rings. The Balaban J connectivity index is 1.44. The molecule has 0 aliphatic carbocycles. The van der Waals surface area contributed by atoms with Gasteiger partial charge in [0.05, 0.1) is 12.0 Å². The molecule has 0 aliphatic rings. The summed E-state index contributed by atoms with van der Waals surface area (Å²) in [6.45, 7) is -0.211. The number of nitrogens with one attached hydrogen (secondary N) is 1. The van der Waals surface area contributed by atoms with E-state index in [1.807, 2.05) is 0 Å². The van der Waals surface area contributed by atoms with Crippen molar-refractivity contribution < 1.29 is 37.0 Å². The maximum Gasteiger partial charge on any atom is 0.417 e. The monoisotopic (exact) mass is 538 g/mol. The molecule has 1 aromatic heterocycles. The Morgan fingerprint density at radius 2 is 1.64 bits per heavy atom. The maximum atomic E-state index is 14.9. The van der Waals surface area contributed by atoms with Gasteiger partial charge >= 0.3 is 12.1 Å². The van der Waals surface area contributed by atoms with E-state index >= 15 is 0 Å². The first kappa shape index (κ1) is 27.3. The molecule has 39 heavy (non-hydrogen) atoms. The lowest BCUT2D eigenvalue weighted by Crippen LogP contribution is -2.26. The quantitative estimate of drug-likeness (QED) is 0.242. The summed E-state index contributed by atoms with van der Waals surface area (Å²) in [5, 5.41) is 11.1. The number of aromatic nitrogens is 1. The molecule has 200 valence electrons. The van der Waals surface area contributed by atoms with E-state index in [0.29, 0.717) is 16.7 Å². The molecule has 1 heterocycles. The molecule has 0 radical (unpaired) electrons. The van der Waals surface area contributed by atoms with Crippen molar-refractivity contribution >= 4 is 11.9 Å². The lowest BCUT2D eigenvalue weighted by molar-refractivity contribution is -0.138. The van der Waals surface area contributed by atoms with Gasteiger partial charge in [0.25, 0.3) is 5.91 Å². The van der Waals surface area contributed by atoms with Crippen molar-refractivity contribution in [3.05, 3.63) is 108 Å². The van der Waals surface area contributed by atoms with Crippen molar-refractivity contribution in [1.29, 1.82) is 0 Å². The van der Waals surface area contributed by atoms with E-state index < -0.39 is 29.4 Å². The molecule has 0 saturated carbocycles. The van der Waals surface area contributed by atoms with Crippen molar-refractivity contribution in [1.82, 2.24) is 10.3 Å². The van der Waals surface area contributed by atoms with Crippen molar-refractivity contribution in [3.63, 3.8) is 0 Å². The van der Waals surface area contributed by atoms with E-state index in [0.717, 1.165) is 6.07 Å². The Hall–Kier alpha value is -4.73. The van der Waals surface area contributed by atoms with Crippen LogP contribution in [0.2, 0.25) is 0 Å². The molecule has 3 aromatic carbocycles. The van der Waals surface area contributed by atoms with Crippen LogP contribution in [0, 0.1) is 5.82 Å². The number of benzene rings is 3. The summed E-state index contributed by atoms with van der Waals surface area (Å²) in [6.07, 6.45) is -3.51. The molecule has 0 fully saturated rings. The minimum atomic E-state index is -4.60. The number of hydrogen-bond donors (Lipinski definition) is 2. The van der Waals surface area contributed by atoms with Crippen molar-refractivity contribution in [2.45, 2.75) is 19.2 Å². The minimum absolute atomic E-state index is 0.00656. The van der Waals surface area contributed by atoms with Crippen LogP contribution >= 0.6 is 0 Å². The number of alkyl halides is 3. The highest BCUT2D eigenvalue weighted by Gasteiger charge is 2.34. The summed E-state index contributed by atoms with van der Waals surface area (Å²) in [5.74, 6) is -2.21. The predicted molar refractivity (Wildman–Crippen MR) is 135 cm³/mol. The first-order chi connectivity index (χ1) is 18.6. The Bertz CT molecular complexity index is 1470. The molecule has 0 atom stereocenters. The van der Waals surface area contributed by atoms with Crippen LogP contribution in [0.5, 0.6) is 5.75 Å². The summed E-state index contributed by atoms with van der Waals surface area (Å²) >= 11 is 0. The summed E-state index contributed by atoms with van der Waals surface area (Å²) < 4.78 is 61.6. The van der Waals surface area contributed by atoms with Crippen LogP contribution in [-0.4, -0.2) is 28.5 Å². The summed E-state index contributed by atoms with van der Waals surface area (Å²) in [4.78, 5) is 26.6. The van der Waals surface area contributed by atoms with Crippen LogP contribution in [0.1, 0.15) is 28.0 Å². The number of ether oxygens (including phenoxy) is 1. The van der Waals surface area contributed by atoms with Gasteiger partial charge < -0.3 is 15.2 Å². The zero-order valence-corrected chi connectivity index (χ0v) is 20.3. The fraction of sp³-hybridized carbons (Fsp3) is 0.138. The molecule has 10 heteroatoms. The second kappa shape index (κ2) is 11.8. The van der Waals surface area contributed by atoms with Crippen LogP contribution in [0.3, 0.4) is 0 Å². The van der Waals surface area contributed by atoms with Gasteiger partial charge in [-0.05, 0) is 41.0 Å². The Labute approximate surface area is 220 Å². The number of aliphatic carboxylic acids is 1. The number of halogens is 4. The number of pyridine rings is 1. The number of carbonyl (C=O) groups is 2. The fourth-order valence-corrected chi connectivity index (χ4v) is 3.83. The molecule has 2 N–H and O–H groups in total. The predicted octanol–water partition coefficient (Wildman–Crippen LogP) is 6.36. The van der Waals surface area contributed by atoms with E-state index in [4.69, 9.17) is 9.84 Å². The highest BCUT2D eigenvalue weighted by molar-refractivity contribution is 5.92. The normalized spacial score (nSPS) is 11.2. The average Bonchev–Trinajstić information content (AvgIpc) is 2.92. The Morgan fingerprint density at radius 3 is 2.28 bits per heavy atom. The highest BCUT2D eigenvalue weighted by atomic mass is 19.4. The number of hydrogen-bond acceptors (Lipinski definition) is 4. The van der Waals surface area contributed by atoms with E-state index in [2.05, 4.69) is 10.3 Å². The van der Waals surface area contributed by atoms with Gasteiger partial charge in [0.15, 0.2) is 0 Å². The van der Waals surface area contributed by atoms with Crippen LogP contribution in [-0.2, 0) is 17.6 Å². The molecule has 0 bridgehead atoms. The molecule has 1 amide bonds. The van der Waals surface area contributed by atoms with E-state index in [1.54, 1.807) is 36.4 Å². The van der Waals surface area contributed by atoms with Gasteiger partial charge in [-0.1, -0.05) is 54.6 Å². The molecular weight excluding hydrogens is 516 g/mol. The van der Waals surface area contributed by atoms with E-state index in [-0.39, 0.29) is 42.1 Å². The Kier molecular flexibility index (Phi) is 8.24. The standard InChI is InChI=1S/C29H22F4N2O4/c30-25-14-18(6-9-23(25)20-7-11-26(35-16-20)28(38)34-13-12-27(36)37)17-39-21-8-10-22(19-4-2-1-3-5-19)24(15-21)29(31,32)33/h1-11,14-16H,12-13,17H2,(H,34,38)(H,36,37). The zero-order valence-electron chi connectivity index (χ0n) is 20.3. The van der Waals surface area contributed by atoms with Gasteiger partial charge in [-0.3, -0.25) is 14.6 Å². The summed E-state index contributed by atoms with van der Waals surface area (Å²) in [5.41, 5.74) is 0.673. The fourth-order valence-electron chi connectivity index (χ4n) is 3.83. The molecule has 4 rings (SSSR count). The van der Waals surface area contributed by atoms with Gasteiger partial charge in [0, 0.05) is 23.9 Å². The Morgan fingerprint density at radius 1 is 0.897 bits per heavy atom. The molecule has 0 saturated heterocycles. The van der Waals surface area contributed by atoms with Crippen LogP contribution in [0.4, 0.5) is 17.6 Å². The third kappa shape index (κ3) is 6.98. The third-order valence-electron chi connectivity index (χ3n) is 5.75. The largest absolute Gasteiger partial charge is 0.489 e. The smallest absolute Gasteiger partial charge is 0.417 e. The number of amides is 1. The number of carboxylic acid groups (broad SMARTS) is 1. The van der Waals surface area contributed by atoms with Gasteiger partial charge in [0.2, 0.25) is 0 Å². The second-order valence-electron chi connectivity index (χ2n) is 8.51. The molecule has 6 nitrogen and oxygen atoms in total. The van der Waals surface area contributed by atoms with Crippen LogP contribution < -0.4 is 10.1 Å². The van der Waals surface area contributed by atoms with Gasteiger partial charge in [0.1, 0.15) is 23.9 Å². The first-order valence-electron chi connectivity index (χ1n) is 11.8. The van der Waals surface area contributed by atoms with Gasteiger partial charge in [-0.25, -0.2) is 4.39 Å². The van der Waals surface area contributed by atoms with E-state index in [1.165, 1.54) is 42.6 Å². The number of carbonyl (C=O) groups excluding carboxylic acids is 1. The lowest BCUT2D eigenvalue weighted by Gasteiger charge is -2.15. The SMILES string of the molecule is O=C(O)CCNC(=O)c1ccc(-c2ccc(COc3ccc(-c4ccccc4)c(C(F)(F)F)c3)cc2F)cn1. The maximum absolute atomic E-state index is 14.9. The van der Waals surface area contributed by atoms with Crippen LogP contribution in [0.25, 0.3) is 22.3 Å². The topological polar surface area (TPSA) is 88.5 Å². The highest BCUT2D eigenvalue weighted by Crippen LogP contribution is 2.39. The van der Waals surface area contributed by atoms with Gasteiger partial charge in [-0.2, -0.15) is 13.2 Å². The van der Waals surface area contributed by atoms with E-state index in [9.17, 15) is 27.2 Å². The average molecular weight is 538 g/mol. The molecule has 0 unspecified atom stereocenters. The summed E-state index contributed by atoms with van der Waals surface area (Å²) in [7, 11) is 0. The zero-order chi connectivity index (χ0) is 28.0. The molecular formula is C29H22F4N2O4. The molecule has 0 spiro atoms. The third-order valence-corrected chi connectivity index (χ3v) is 5.75. The number of rotatable bonds is 9. The van der Waals surface area contributed by atoms with Crippen molar-refractivity contribution in [2.75, 3.05) is 6.54 Å². The first-order valence-corrected chi connectivity index (χ1v) is 11.8. The van der Waals surface area contributed by atoms with Gasteiger partial charge in [-0.15, -0.1) is 0 Å². The minimum Gasteiger partial charge on any atom is -0.489 e. The summed E-state index contributed by atoms with van der Waals surface area (Å²) in [6, 6.07) is 19.1. The number of carboxylic acids is 1. The molecule has 0 aliphatic heterocycles. The van der Waals surface area contributed by atoms with Crippen molar-refractivity contribution in [2.24, 2.45) is 0 Å². The van der Waals surface area contributed by atoms with Crippen molar-refractivity contribution in [3.8, 4) is 28.0 Å². The van der Waals surface area contributed by atoms with Crippen LogP contribution in [0.15, 0.2) is 85.1 Å². The second-order valence-corrected chi connectivity index (χ2v) is 8.51. The lowest BCUT2D eigenvalue weighted by atomic mass is 9.99. The number of nitrogens with zero attached hydrogens (tertiary/aromatic N) is 1.